The van der Waals surface area contributed by atoms with Gasteiger partial charge in [-0.25, -0.2) is 0 Å². The minimum atomic E-state index is -1.22. The van der Waals surface area contributed by atoms with Crippen LogP contribution < -0.4 is 11.5 Å². The van der Waals surface area contributed by atoms with Gasteiger partial charge in [-0.05, 0) is 19.3 Å². The molecular formula is C17H26N2O4. The highest BCUT2D eigenvalue weighted by Crippen LogP contribution is 2.17. The molecular weight excluding hydrogens is 296 g/mol. The van der Waals surface area contributed by atoms with Crippen LogP contribution in [-0.2, 0) is 19.1 Å². The minimum Gasteiger partial charge on any atom is -0.468 e. The van der Waals surface area contributed by atoms with E-state index in [4.69, 9.17) is 16.2 Å². The molecule has 0 aliphatic carbocycles. The number of hydrogen-bond donors (Lipinski definition) is 2. The number of nitrogens with two attached hydrogens (primary N) is 2. The van der Waals surface area contributed by atoms with Crippen molar-refractivity contribution in [3.63, 3.8) is 0 Å². The lowest BCUT2D eigenvalue weighted by Crippen LogP contribution is -2.48. The predicted molar refractivity (Wildman–Crippen MR) is 89.1 cm³/mol. The van der Waals surface area contributed by atoms with Gasteiger partial charge in [0.2, 0.25) is 0 Å². The molecule has 0 saturated heterocycles. The largest absolute Gasteiger partial charge is 0.468 e. The van der Waals surface area contributed by atoms with E-state index in [1.165, 1.54) is 14.2 Å². The summed E-state index contributed by atoms with van der Waals surface area (Å²) in [5, 5.41) is 0. The zero-order chi connectivity index (χ0) is 17.9. The second kappa shape index (κ2) is 9.82. The van der Waals surface area contributed by atoms with Crippen molar-refractivity contribution in [1.29, 1.82) is 0 Å². The van der Waals surface area contributed by atoms with Crippen LogP contribution in [0.2, 0.25) is 0 Å². The predicted octanol–water partition coefficient (Wildman–Crippen LogP) is 1.05. The summed E-state index contributed by atoms with van der Waals surface area (Å²) in [4.78, 5) is 23.4. The molecule has 4 N–H and O–H groups in total. The first-order valence-corrected chi connectivity index (χ1v) is 7.21. The fraction of sp³-hybridized carbons (Fsp3) is 0.529. The summed E-state index contributed by atoms with van der Waals surface area (Å²) in [5.41, 5.74) is 9.65. The Kier molecular flexibility index (Phi) is 8.93. The summed E-state index contributed by atoms with van der Waals surface area (Å²) < 4.78 is 9.39. The molecule has 0 bridgehead atoms. The molecule has 2 atom stereocenters. The molecule has 0 amide bonds. The first-order chi connectivity index (χ1) is 10.8. The second-order valence-electron chi connectivity index (χ2n) is 5.31. The molecule has 0 spiro atoms. The van der Waals surface area contributed by atoms with Gasteiger partial charge in [-0.15, -0.1) is 25.0 Å². The quantitative estimate of drug-likeness (QED) is 0.373. The molecule has 0 rings (SSSR count). The van der Waals surface area contributed by atoms with E-state index in [9.17, 15) is 9.59 Å². The van der Waals surface area contributed by atoms with Gasteiger partial charge in [-0.3, -0.25) is 9.59 Å². The topological polar surface area (TPSA) is 105 Å². The average molecular weight is 322 g/mol. The third-order valence-electron chi connectivity index (χ3n) is 3.43. The molecule has 23 heavy (non-hydrogen) atoms. The van der Waals surface area contributed by atoms with Crippen LogP contribution in [0.1, 0.15) is 32.1 Å². The van der Waals surface area contributed by atoms with Gasteiger partial charge in [-0.1, -0.05) is 12.2 Å². The summed E-state index contributed by atoms with van der Waals surface area (Å²) in [7, 11) is 2.56. The summed E-state index contributed by atoms with van der Waals surface area (Å²) in [6.07, 6.45) is 4.47. The van der Waals surface area contributed by atoms with Crippen molar-refractivity contribution in [2.24, 2.45) is 11.5 Å². The van der Waals surface area contributed by atoms with Crippen LogP contribution in [0.3, 0.4) is 0 Å². The van der Waals surface area contributed by atoms with Crippen LogP contribution in [0.5, 0.6) is 0 Å². The zero-order valence-corrected chi connectivity index (χ0v) is 13.9. The molecule has 0 aliphatic rings. The van der Waals surface area contributed by atoms with Crippen LogP contribution in [0.15, 0.2) is 25.3 Å². The summed E-state index contributed by atoms with van der Waals surface area (Å²) in [5.74, 6) is 4.67. The normalized spacial score (nSPS) is 15.1. The number of carbonyl (C=O) groups is 2. The Morgan fingerprint density at radius 1 is 1.00 bits per heavy atom. The Bertz CT molecular complexity index is 506. The van der Waals surface area contributed by atoms with E-state index >= 15 is 0 Å². The SMILES string of the molecule is C=CC[C@@](N)(CCC#CC[C@](N)(CC=C)C(=O)OC)C(=O)OC. The molecule has 128 valence electrons. The first kappa shape index (κ1) is 20.9. The fourth-order valence-electron chi connectivity index (χ4n) is 2.03. The van der Waals surface area contributed by atoms with E-state index in [-0.39, 0.29) is 12.8 Å². The number of hydrogen-bond acceptors (Lipinski definition) is 6. The van der Waals surface area contributed by atoms with Gasteiger partial charge in [0.25, 0.3) is 0 Å². The number of rotatable bonds is 9. The lowest BCUT2D eigenvalue weighted by molar-refractivity contribution is -0.147. The lowest BCUT2D eigenvalue weighted by atomic mass is 9.90. The number of methoxy groups -OCH3 is 2. The monoisotopic (exact) mass is 322 g/mol. The molecule has 0 saturated carbocycles. The van der Waals surface area contributed by atoms with Crippen molar-refractivity contribution < 1.29 is 19.1 Å². The lowest BCUT2D eigenvalue weighted by Gasteiger charge is -2.24. The van der Waals surface area contributed by atoms with Crippen LogP contribution in [0.4, 0.5) is 0 Å². The Balaban J connectivity index is 4.77. The van der Waals surface area contributed by atoms with Gasteiger partial charge in [0.15, 0.2) is 0 Å². The van der Waals surface area contributed by atoms with Crippen LogP contribution in [0.25, 0.3) is 0 Å². The second-order valence-corrected chi connectivity index (χ2v) is 5.31. The highest BCUT2D eigenvalue weighted by Gasteiger charge is 2.34. The van der Waals surface area contributed by atoms with Gasteiger partial charge in [0.05, 0.1) is 14.2 Å². The van der Waals surface area contributed by atoms with Crippen molar-refractivity contribution in [3.05, 3.63) is 25.3 Å². The van der Waals surface area contributed by atoms with Crippen molar-refractivity contribution in [1.82, 2.24) is 0 Å². The van der Waals surface area contributed by atoms with Crippen molar-refractivity contribution in [2.45, 2.75) is 43.2 Å². The number of ether oxygens (including phenoxy) is 2. The molecule has 0 aromatic rings. The highest BCUT2D eigenvalue weighted by molar-refractivity contribution is 5.81. The highest BCUT2D eigenvalue weighted by atomic mass is 16.5. The molecule has 0 heterocycles. The van der Waals surface area contributed by atoms with Crippen molar-refractivity contribution >= 4 is 11.9 Å². The summed E-state index contributed by atoms with van der Waals surface area (Å²) in [6, 6.07) is 0. The molecule has 0 unspecified atom stereocenters. The van der Waals surface area contributed by atoms with E-state index in [2.05, 4.69) is 29.7 Å². The van der Waals surface area contributed by atoms with Gasteiger partial charge in [0, 0.05) is 12.8 Å². The fourth-order valence-corrected chi connectivity index (χ4v) is 2.03. The number of carbonyl (C=O) groups excluding carboxylic acids is 2. The maximum absolute atomic E-state index is 11.7. The van der Waals surface area contributed by atoms with Crippen LogP contribution in [-0.4, -0.2) is 37.2 Å². The Labute approximate surface area is 137 Å². The maximum Gasteiger partial charge on any atom is 0.327 e. The van der Waals surface area contributed by atoms with Gasteiger partial charge in [-0.2, -0.15) is 0 Å². The number of esters is 2. The van der Waals surface area contributed by atoms with Crippen LogP contribution in [0, 0.1) is 11.8 Å². The average Bonchev–Trinajstić information content (AvgIpc) is 2.53. The van der Waals surface area contributed by atoms with Crippen molar-refractivity contribution in [2.75, 3.05) is 14.2 Å². The standard InChI is InChI=1S/C17H26N2O4/c1-5-10-16(18,14(20)22-3)12-8-7-9-13-17(19,11-6-2)15(21)23-4/h5-6H,1-2,8,10-13,18-19H2,3-4H3/t16-,17-/m1/s1. The summed E-state index contributed by atoms with van der Waals surface area (Å²) >= 11 is 0. The molecule has 0 radical (unpaired) electrons. The van der Waals surface area contributed by atoms with Gasteiger partial charge in [0.1, 0.15) is 11.1 Å². The summed E-state index contributed by atoms with van der Waals surface area (Å²) in [6.45, 7) is 7.16. The first-order valence-electron chi connectivity index (χ1n) is 7.21. The Morgan fingerprint density at radius 3 is 1.96 bits per heavy atom. The van der Waals surface area contributed by atoms with E-state index in [0.717, 1.165) is 0 Å². The van der Waals surface area contributed by atoms with E-state index in [1.807, 2.05) is 0 Å². The maximum atomic E-state index is 11.7. The molecule has 0 aromatic carbocycles. The van der Waals surface area contributed by atoms with E-state index in [0.29, 0.717) is 19.3 Å². The van der Waals surface area contributed by atoms with Gasteiger partial charge >= 0.3 is 11.9 Å². The van der Waals surface area contributed by atoms with E-state index < -0.39 is 23.0 Å². The molecule has 0 fully saturated rings. The van der Waals surface area contributed by atoms with E-state index in [1.54, 1.807) is 12.2 Å². The third-order valence-corrected chi connectivity index (χ3v) is 3.43. The minimum absolute atomic E-state index is 0.128. The Hall–Kier alpha value is -2.10. The molecule has 0 aliphatic heterocycles. The van der Waals surface area contributed by atoms with Crippen LogP contribution >= 0.6 is 0 Å². The Morgan fingerprint density at radius 2 is 1.48 bits per heavy atom. The third kappa shape index (κ3) is 6.27. The smallest absolute Gasteiger partial charge is 0.327 e. The van der Waals surface area contributed by atoms with Gasteiger partial charge < -0.3 is 20.9 Å². The molecule has 6 heteroatoms. The molecule has 0 aromatic heterocycles. The molecule has 6 nitrogen and oxygen atoms in total. The van der Waals surface area contributed by atoms with Crippen molar-refractivity contribution in [3.8, 4) is 11.8 Å². The zero-order valence-electron chi connectivity index (χ0n) is 13.9.